The van der Waals surface area contributed by atoms with Crippen LogP contribution in [-0.2, 0) is 23.1 Å². The summed E-state index contributed by atoms with van der Waals surface area (Å²) in [7, 11) is -1.75. The van der Waals surface area contributed by atoms with E-state index < -0.39 is 10.0 Å². The second-order valence-electron chi connectivity index (χ2n) is 6.10. The van der Waals surface area contributed by atoms with Gasteiger partial charge in [-0.25, -0.2) is 18.1 Å². The summed E-state index contributed by atoms with van der Waals surface area (Å²) in [4.78, 5) is 4.50. The molecule has 0 atom stereocenters. The molecule has 0 unspecified atom stereocenters. The van der Waals surface area contributed by atoms with Gasteiger partial charge in [-0.3, -0.25) is 0 Å². The summed E-state index contributed by atoms with van der Waals surface area (Å²) in [6.45, 7) is 3.65. The van der Waals surface area contributed by atoms with Crippen LogP contribution in [0.4, 0.5) is 0 Å². The Morgan fingerprint density at radius 2 is 1.79 bits per heavy atom. The van der Waals surface area contributed by atoms with E-state index in [0.717, 1.165) is 16.9 Å². The van der Waals surface area contributed by atoms with Crippen molar-refractivity contribution >= 4 is 16.0 Å². The first-order valence-electron chi connectivity index (χ1n) is 9.19. The van der Waals surface area contributed by atoms with Crippen LogP contribution < -0.4 is 20.1 Å². The molecule has 0 aromatic heterocycles. The summed E-state index contributed by atoms with van der Waals surface area (Å²) in [5, 5.41) is 6.18. The molecule has 3 N–H and O–H groups in total. The molecule has 0 aliphatic rings. The van der Waals surface area contributed by atoms with E-state index in [1.165, 1.54) is 0 Å². The summed E-state index contributed by atoms with van der Waals surface area (Å²) in [5.41, 5.74) is 1.93. The number of nitrogens with one attached hydrogen (secondary N) is 3. The topological polar surface area (TPSA) is 91.8 Å². The third-order valence-electron chi connectivity index (χ3n) is 3.90. The molecule has 8 heteroatoms. The van der Waals surface area contributed by atoms with Crippen LogP contribution in [0.25, 0.3) is 0 Å². The maximum Gasteiger partial charge on any atom is 0.213 e. The lowest BCUT2D eigenvalue weighted by molar-refractivity contribution is 0.414. The molecular weight excluding hydrogens is 376 g/mol. The summed E-state index contributed by atoms with van der Waals surface area (Å²) in [6, 6.07) is 17.1. The summed E-state index contributed by atoms with van der Waals surface area (Å²) in [6.07, 6.45) is 0. The van der Waals surface area contributed by atoms with Crippen LogP contribution in [0, 0.1) is 0 Å². The maximum absolute atomic E-state index is 12.2. The molecule has 0 aliphatic heterocycles. The number of ether oxygens (including phenoxy) is 1. The lowest BCUT2D eigenvalue weighted by Gasteiger charge is -2.12. The van der Waals surface area contributed by atoms with Gasteiger partial charge in [-0.1, -0.05) is 42.5 Å². The van der Waals surface area contributed by atoms with Crippen LogP contribution in [0.5, 0.6) is 5.75 Å². The highest BCUT2D eigenvalue weighted by Gasteiger charge is 2.10. The van der Waals surface area contributed by atoms with E-state index in [2.05, 4.69) is 20.3 Å². The molecule has 0 saturated carbocycles. The number of aliphatic imine (C=N–C) groups is 1. The third kappa shape index (κ3) is 7.98. The van der Waals surface area contributed by atoms with Crippen molar-refractivity contribution in [2.24, 2.45) is 4.99 Å². The Labute approximate surface area is 167 Å². The minimum absolute atomic E-state index is 0.0383. The summed E-state index contributed by atoms with van der Waals surface area (Å²) < 4.78 is 32.2. The van der Waals surface area contributed by atoms with Gasteiger partial charge in [0.1, 0.15) is 5.75 Å². The second kappa shape index (κ2) is 11.3. The Balaban J connectivity index is 1.84. The van der Waals surface area contributed by atoms with Gasteiger partial charge in [0.05, 0.1) is 19.4 Å². The van der Waals surface area contributed by atoms with Crippen molar-refractivity contribution in [2.45, 2.75) is 20.0 Å². The first-order valence-corrected chi connectivity index (χ1v) is 10.8. The maximum atomic E-state index is 12.2. The first kappa shape index (κ1) is 21.7. The monoisotopic (exact) mass is 404 g/mol. The Hall–Kier alpha value is -2.58. The Morgan fingerprint density at radius 1 is 1.04 bits per heavy atom. The SMILES string of the molecule is CCNC(=NCc1cccc(OC)c1)NCCS(=O)(=O)NCc1ccccc1. The van der Waals surface area contributed by atoms with Crippen LogP contribution >= 0.6 is 0 Å². The van der Waals surface area contributed by atoms with Gasteiger partial charge in [0.25, 0.3) is 0 Å². The van der Waals surface area contributed by atoms with Gasteiger partial charge < -0.3 is 15.4 Å². The second-order valence-corrected chi connectivity index (χ2v) is 8.03. The van der Waals surface area contributed by atoms with Gasteiger partial charge >= 0.3 is 0 Å². The fourth-order valence-electron chi connectivity index (χ4n) is 2.45. The van der Waals surface area contributed by atoms with Crippen molar-refractivity contribution in [1.29, 1.82) is 0 Å². The van der Waals surface area contributed by atoms with Gasteiger partial charge in [-0.2, -0.15) is 0 Å². The number of nitrogens with zero attached hydrogens (tertiary/aromatic N) is 1. The van der Waals surface area contributed by atoms with Crippen LogP contribution in [0.3, 0.4) is 0 Å². The number of hydrogen-bond acceptors (Lipinski definition) is 4. The van der Waals surface area contributed by atoms with E-state index in [-0.39, 0.29) is 18.8 Å². The molecule has 0 bridgehead atoms. The van der Waals surface area contributed by atoms with Gasteiger partial charge in [-0.05, 0) is 30.2 Å². The minimum Gasteiger partial charge on any atom is -0.497 e. The predicted octanol–water partition coefficient (Wildman–Crippen LogP) is 1.87. The number of sulfonamides is 1. The zero-order valence-corrected chi connectivity index (χ0v) is 17.1. The molecule has 2 aromatic rings. The van der Waals surface area contributed by atoms with Crippen molar-refractivity contribution in [3.05, 3.63) is 65.7 Å². The average Bonchev–Trinajstić information content (AvgIpc) is 2.71. The molecule has 0 saturated heterocycles. The molecule has 2 rings (SSSR count). The van der Waals surface area contributed by atoms with Crippen molar-refractivity contribution in [3.8, 4) is 5.75 Å². The van der Waals surface area contributed by atoms with E-state index in [4.69, 9.17) is 4.74 Å². The molecule has 0 heterocycles. The van der Waals surface area contributed by atoms with Crippen LogP contribution in [-0.4, -0.2) is 40.3 Å². The van der Waals surface area contributed by atoms with Gasteiger partial charge in [0, 0.05) is 19.6 Å². The minimum atomic E-state index is -3.38. The van der Waals surface area contributed by atoms with Crippen molar-refractivity contribution in [3.63, 3.8) is 0 Å². The quantitative estimate of drug-likeness (QED) is 0.415. The van der Waals surface area contributed by atoms with Crippen LogP contribution in [0.15, 0.2) is 59.6 Å². The van der Waals surface area contributed by atoms with Gasteiger partial charge in [0.15, 0.2) is 5.96 Å². The number of rotatable bonds is 10. The lowest BCUT2D eigenvalue weighted by atomic mass is 10.2. The normalized spacial score (nSPS) is 11.9. The fourth-order valence-corrected chi connectivity index (χ4v) is 3.35. The van der Waals surface area contributed by atoms with Gasteiger partial charge in [0.2, 0.25) is 10.0 Å². The van der Waals surface area contributed by atoms with Crippen LogP contribution in [0.1, 0.15) is 18.1 Å². The average molecular weight is 405 g/mol. The summed E-state index contributed by atoms with van der Waals surface area (Å²) >= 11 is 0. The molecule has 0 amide bonds. The van der Waals surface area contributed by atoms with Crippen molar-refractivity contribution < 1.29 is 13.2 Å². The molecule has 0 radical (unpaired) electrons. The third-order valence-corrected chi connectivity index (χ3v) is 5.23. The lowest BCUT2D eigenvalue weighted by Crippen LogP contribution is -2.41. The highest BCUT2D eigenvalue weighted by molar-refractivity contribution is 7.89. The van der Waals surface area contributed by atoms with E-state index >= 15 is 0 Å². The Kier molecular flexibility index (Phi) is 8.77. The molecule has 152 valence electrons. The number of guanidine groups is 1. The van der Waals surface area contributed by atoms with E-state index in [1.807, 2.05) is 61.5 Å². The van der Waals surface area contributed by atoms with E-state index in [9.17, 15) is 8.42 Å². The highest BCUT2D eigenvalue weighted by Crippen LogP contribution is 2.13. The smallest absolute Gasteiger partial charge is 0.213 e. The molecule has 0 fully saturated rings. The Morgan fingerprint density at radius 3 is 2.50 bits per heavy atom. The largest absolute Gasteiger partial charge is 0.497 e. The molecule has 0 spiro atoms. The predicted molar refractivity (Wildman–Crippen MR) is 113 cm³/mol. The van der Waals surface area contributed by atoms with Crippen molar-refractivity contribution in [2.75, 3.05) is 26.0 Å². The van der Waals surface area contributed by atoms with Crippen molar-refractivity contribution in [1.82, 2.24) is 15.4 Å². The zero-order valence-electron chi connectivity index (χ0n) is 16.3. The molecule has 2 aromatic carbocycles. The van der Waals surface area contributed by atoms with E-state index in [1.54, 1.807) is 7.11 Å². The number of benzene rings is 2. The fraction of sp³-hybridized carbons (Fsp3) is 0.350. The molecule has 28 heavy (non-hydrogen) atoms. The molecular formula is C20H28N4O3S. The number of hydrogen-bond donors (Lipinski definition) is 3. The highest BCUT2D eigenvalue weighted by atomic mass is 32.2. The first-order chi connectivity index (χ1) is 13.5. The number of methoxy groups -OCH3 is 1. The molecule has 7 nitrogen and oxygen atoms in total. The standard InChI is InChI=1S/C20H28N4O3S/c1-3-21-20(23-15-18-10-7-11-19(14-18)27-2)22-12-13-28(25,26)24-16-17-8-5-4-6-9-17/h4-11,14,24H,3,12-13,15-16H2,1-2H3,(H2,21,22,23). The van der Waals surface area contributed by atoms with Crippen LogP contribution in [0.2, 0.25) is 0 Å². The summed E-state index contributed by atoms with van der Waals surface area (Å²) in [5.74, 6) is 1.31. The van der Waals surface area contributed by atoms with Gasteiger partial charge in [-0.15, -0.1) is 0 Å². The Bertz CT molecular complexity index is 855. The van der Waals surface area contributed by atoms with E-state index in [0.29, 0.717) is 19.0 Å². The zero-order chi connectivity index (χ0) is 20.2. The molecule has 0 aliphatic carbocycles.